The Morgan fingerprint density at radius 1 is 1.14 bits per heavy atom. The Hall–Kier alpha value is -3.50. The Balaban J connectivity index is 2.21. The molecule has 0 saturated carbocycles. The number of nitrogens with one attached hydrogen (secondary N) is 1. The maximum atomic E-state index is 9.40. The number of rotatable bonds is 2. The maximum absolute atomic E-state index is 9.40. The smallest absolute Gasteiger partial charge is 0.144 e. The number of aromatic nitrogens is 1. The van der Waals surface area contributed by atoms with Crippen LogP contribution in [0.25, 0.3) is 10.9 Å². The summed E-state index contributed by atoms with van der Waals surface area (Å²) in [5.41, 5.74) is 9.15. The number of hydrogen-bond donors (Lipinski definition) is 2. The summed E-state index contributed by atoms with van der Waals surface area (Å²) in [6.45, 7) is 0. The molecule has 0 spiro atoms. The fourth-order valence-electron chi connectivity index (χ4n) is 2.31. The standard InChI is InChI=1S/C18H12N4/c1-2-12-6-5-7-13(10-12)21-17-14-8-3-4-9-16(14)22-18(20)15(17)11-19/h1,3-10H,(H3,20,21,22). The van der Waals surface area contributed by atoms with E-state index in [1.807, 2.05) is 48.5 Å². The third-order valence-corrected chi connectivity index (χ3v) is 3.33. The Labute approximate surface area is 128 Å². The number of para-hydroxylation sites is 1. The molecule has 0 bridgehead atoms. The molecule has 22 heavy (non-hydrogen) atoms. The van der Waals surface area contributed by atoms with E-state index in [9.17, 15) is 5.26 Å². The van der Waals surface area contributed by atoms with Crippen LogP contribution in [0.2, 0.25) is 0 Å². The second-order valence-corrected chi connectivity index (χ2v) is 4.73. The highest BCUT2D eigenvalue weighted by Gasteiger charge is 2.13. The van der Waals surface area contributed by atoms with Crippen molar-refractivity contribution < 1.29 is 0 Å². The van der Waals surface area contributed by atoms with Crippen LogP contribution < -0.4 is 11.1 Å². The number of hydrogen-bond acceptors (Lipinski definition) is 4. The summed E-state index contributed by atoms with van der Waals surface area (Å²) in [5.74, 6) is 2.79. The maximum Gasteiger partial charge on any atom is 0.144 e. The van der Waals surface area contributed by atoms with Crippen molar-refractivity contribution in [2.45, 2.75) is 0 Å². The largest absolute Gasteiger partial charge is 0.383 e. The monoisotopic (exact) mass is 284 g/mol. The number of benzene rings is 2. The van der Waals surface area contributed by atoms with E-state index in [1.54, 1.807) is 0 Å². The normalized spacial score (nSPS) is 9.91. The van der Waals surface area contributed by atoms with Crippen LogP contribution in [0, 0.1) is 23.7 Å². The summed E-state index contributed by atoms with van der Waals surface area (Å²) < 4.78 is 0. The molecule has 3 N–H and O–H groups in total. The molecule has 3 aromatic rings. The van der Waals surface area contributed by atoms with Crippen LogP contribution in [-0.2, 0) is 0 Å². The number of terminal acetylenes is 1. The van der Waals surface area contributed by atoms with Crippen LogP contribution in [0.3, 0.4) is 0 Å². The zero-order valence-corrected chi connectivity index (χ0v) is 11.7. The second kappa shape index (κ2) is 5.47. The number of nitrogens with zero attached hydrogens (tertiary/aromatic N) is 2. The number of nitriles is 1. The van der Waals surface area contributed by atoms with Crippen LogP contribution in [0.5, 0.6) is 0 Å². The van der Waals surface area contributed by atoms with Gasteiger partial charge in [0.15, 0.2) is 0 Å². The van der Waals surface area contributed by atoms with Gasteiger partial charge < -0.3 is 11.1 Å². The predicted octanol–water partition coefficient (Wildman–Crippen LogP) is 3.41. The zero-order chi connectivity index (χ0) is 15.5. The van der Waals surface area contributed by atoms with E-state index >= 15 is 0 Å². The van der Waals surface area contributed by atoms with E-state index in [0.29, 0.717) is 11.3 Å². The van der Waals surface area contributed by atoms with E-state index in [4.69, 9.17) is 12.2 Å². The first-order chi connectivity index (χ1) is 10.7. The van der Waals surface area contributed by atoms with E-state index in [2.05, 4.69) is 22.3 Å². The number of nitrogen functional groups attached to an aromatic ring is 1. The molecular weight excluding hydrogens is 272 g/mol. The first-order valence-electron chi connectivity index (χ1n) is 6.65. The number of fused-ring (bicyclic) bond motifs is 1. The molecule has 0 aliphatic carbocycles. The first kappa shape index (κ1) is 13.5. The summed E-state index contributed by atoms with van der Waals surface area (Å²) in [5, 5.41) is 13.5. The Morgan fingerprint density at radius 3 is 2.73 bits per heavy atom. The van der Waals surface area contributed by atoms with Gasteiger partial charge in [-0.1, -0.05) is 30.2 Å². The summed E-state index contributed by atoms with van der Waals surface area (Å²) in [4.78, 5) is 4.27. The van der Waals surface area contributed by atoms with Gasteiger partial charge in [-0.2, -0.15) is 5.26 Å². The highest BCUT2D eigenvalue weighted by molar-refractivity contribution is 5.98. The fourth-order valence-corrected chi connectivity index (χ4v) is 2.31. The van der Waals surface area contributed by atoms with Crippen molar-refractivity contribution in [1.82, 2.24) is 4.98 Å². The molecular formula is C18H12N4. The molecule has 4 nitrogen and oxygen atoms in total. The van der Waals surface area contributed by atoms with Gasteiger partial charge in [-0.15, -0.1) is 6.42 Å². The van der Waals surface area contributed by atoms with Gasteiger partial charge in [0.05, 0.1) is 11.2 Å². The van der Waals surface area contributed by atoms with E-state index in [1.165, 1.54) is 0 Å². The van der Waals surface area contributed by atoms with Crippen LogP contribution >= 0.6 is 0 Å². The summed E-state index contributed by atoms with van der Waals surface area (Å²) in [6, 6.07) is 17.1. The minimum absolute atomic E-state index is 0.205. The molecule has 0 unspecified atom stereocenters. The van der Waals surface area contributed by atoms with Gasteiger partial charge in [0.1, 0.15) is 17.5 Å². The van der Waals surface area contributed by atoms with Gasteiger partial charge in [-0.3, -0.25) is 0 Å². The molecule has 104 valence electrons. The lowest BCUT2D eigenvalue weighted by Gasteiger charge is -2.13. The van der Waals surface area contributed by atoms with Crippen molar-refractivity contribution in [3.8, 4) is 18.4 Å². The topological polar surface area (TPSA) is 74.7 Å². The molecule has 1 aromatic heterocycles. The zero-order valence-electron chi connectivity index (χ0n) is 11.7. The Bertz CT molecular complexity index is 945. The number of pyridine rings is 1. The highest BCUT2D eigenvalue weighted by Crippen LogP contribution is 2.32. The quantitative estimate of drug-likeness (QED) is 0.707. The molecule has 0 fully saturated rings. The van der Waals surface area contributed by atoms with E-state index in [-0.39, 0.29) is 5.82 Å². The van der Waals surface area contributed by atoms with Gasteiger partial charge in [0, 0.05) is 16.6 Å². The lowest BCUT2D eigenvalue weighted by Crippen LogP contribution is -2.02. The summed E-state index contributed by atoms with van der Waals surface area (Å²) in [7, 11) is 0. The SMILES string of the molecule is C#Cc1cccc(Nc2c(C#N)c(N)nc3ccccc23)c1. The van der Waals surface area contributed by atoms with Gasteiger partial charge in [0.2, 0.25) is 0 Å². The summed E-state index contributed by atoms with van der Waals surface area (Å²) in [6.07, 6.45) is 5.42. The molecule has 0 saturated heterocycles. The fraction of sp³-hybridized carbons (Fsp3) is 0. The molecule has 1 heterocycles. The van der Waals surface area contributed by atoms with Gasteiger partial charge >= 0.3 is 0 Å². The van der Waals surface area contributed by atoms with Crippen molar-refractivity contribution in [1.29, 1.82) is 5.26 Å². The molecule has 4 heteroatoms. The molecule has 0 atom stereocenters. The van der Waals surface area contributed by atoms with Crippen molar-refractivity contribution in [3.05, 3.63) is 59.7 Å². The number of nitrogens with two attached hydrogens (primary N) is 1. The first-order valence-corrected chi connectivity index (χ1v) is 6.65. The van der Waals surface area contributed by atoms with Crippen LogP contribution in [0.1, 0.15) is 11.1 Å². The van der Waals surface area contributed by atoms with Crippen molar-refractivity contribution in [3.63, 3.8) is 0 Å². The minimum atomic E-state index is 0.205. The Morgan fingerprint density at radius 2 is 1.95 bits per heavy atom. The van der Waals surface area contributed by atoms with Crippen molar-refractivity contribution in [2.75, 3.05) is 11.1 Å². The van der Waals surface area contributed by atoms with Gasteiger partial charge in [0.25, 0.3) is 0 Å². The number of anilines is 3. The van der Waals surface area contributed by atoms with Crippen LogP contribution in [0.15, 0.2) is 48.5 Å². The molecule has 0 radical (unpaired) electrons. The van der Waals surface area contributed by atoms with Gasteiger partial charge in [-0.25, -0.2) is 4.98 Å². The molecule has 0 aliphatic heterocycles. The lowest BCUT2D eigenvalue weighted by atomic mass is 10.1. The second-order valence-electron chi connectivity index (χ2n) is 4.73. The van der Waals surface area contributed by atoms with E-state index in [0.717, 1.165) is 22.2 Å². The average molecular weight is 284 g/mol. The average Bonchev–Trinajstić information content (AvgIpc) is 2.55. The van der Waals surface area contributed by atoms with Crippen molar-refractivity contribution in [2.24, 2.45) is 0 Å². The van der Waals surface area contributed by atoms with Crippen LogP contribution in [-0.4, -0.2) is 4.98 Å². The van der Waals surface area contributed by atoms with Gasteiger partial charge in [-0.05, 0) is 24.3 Å². The minimum Gasteiger partial charge on any atom is -0.383 e. The molecule has 0 amide bonds. The third-order valence-electron chi connectivity index (χ3n) is 3.33. The summed E-state index contributed by atoms with van der Waals surface area (Å²) >= 11 is 0. The molecule has 2 aromatic carbocycles. The van der Waals surface area contributed by atoms with Crippen LogP contribution in [0.4, 0.5) is 17.2 Å². The highest BCUT2D eigenvalue weighted by atomic mass is 14.9. The van der Waals surface area contributed by atoms with Crippen molar-refractivity contribution >= 4 is 28.1 Å². The predicted molar refractivity (Wildman–Crippen MR) is 88.5 cm³/mol. The molecule has 0 aliphatic rings. The lowest BCUT2D eigenvalue weighted by molar-refractivity contribution is 1.37. The molecule has 3 rings (SSSR count). The van der Waals surface area contributed by atoms with E-state index < -0.39 is 0 Å². The third kappa shape index (κ3) is 2.30. The Kier molecular flexibility index (Phi) is 3.35.